The van der Waals surface area contributed by atoms with Crippen LogP contribution in [0.25, 0.3) is 0 Å². The van der Waals surface area contributed by atoms with Gasteiger partial charge >= 0.3 is 0 Å². The van der Waals surface area contributed by atoms with Crippen molar-refractivity contribution in [3.05, 3.63) is 28.2 Å². The average molecular weight is 342 g/mol. The molecule has 1 aromatic carbocycles. The van der Waals surface area contributed by atoms with E-state index >= 15 is 0 Å². The summed E-state index contributed by atoms with van der Waals surface area (Å²) in [4.78, 5) is 2.39. The average Bonchev–Trinajstić information content (AvgIpc) is 2.87. The molecule has 2 aliphatic heterocycles. The van der Waals surface area contributed by atoms with Crippen LogP contribution in [0.3, 0.4) is 0 Å². The SMILES string of the molecule is COc1ccc(Br)cc1CN1CCCC2(C1)OCCO2. The van der Waals surface area contributed by atoms with Gasteiger partial charge in [0.15, 0.2) is 5.79 Å². The Hall–Kier alpha value is -0.620. The van der Waals surface area contributed by atoms with Gasteiger partial charge in [-0.15, -0.1) is 0 Å². The highest BCUT2D eigenvalue weighted by molar-refractivity contribution is 9.10. The van der Waals surface area contributed by atoms with Crippen LogP contribution in [0.1, 0.15) is 18.4 Å². The molecular formula is C15H20BrNO3. The highest BCUT2D eigenvalue weighted by Crippen LogP contribution is 2.32. The lowest BCUT2D eigenvalue weighted by Crippen LogP contribution is -2.48. The molecule has 2 saturated heterocycles. The van der Waals surface area contributed by atoms with Crippen molar-refractivity contribution in [2.45, 2.75) is 25.2 Å². The molecule has 2 fully saturated rings. The Labute approximate surface area is 128 Å². The van der Waals surface area contributed by atoms with E-state index in [1.165, 1.54) is 5.56 Å². The number of benzene rings is 1. The molecule has 0 bridgehead atoms. The first-order valence-electron chi connectivity index (χ1n) is 7.03. The minimum Gasteiger partial charge on any atom is -0.496 e. The molecule has 0 atom stereocenters. The molecular weight excluding hydrogens is 322 g/mol. The van der Waals surface area contributed by atoms with Gasteiger partial charge in [-0.05, 0) is 31.2 Å². The highest BCUT2D eigenvalue weighted by atomic mass is 79.9. The van der Waals surface area contributed by atoms with E-state index in [4.69, 9.17) is 14.2 Å². The summed E-state index contributed by atoms with van der Waals surface area (Å²) < 4.78 is 18.2. The zero-order valence-electron chi connectivity index (χ0n) is 11.7. The fourth-order valence-electron chi connectivity index (χ4n) is 3.05. The maximum absolute atomic E-state index is 5.83. The van der Waals surface area contributed by atoms with Gasteiger partial charge in [0.1, 0.15) is 5.75 Å². The predicted octanol–water partition coefficient (Wildman–Crippen LogP) is 2.80. The first kappa shape index (κ1) is 14.3. The van der Waals surface area contributed by atoms with Crippen LogP contribution in [0.2, 0.25) is 0 Å². The van der Waals surface area contributed by atoms with Crippen LogP contribution in [0, 0.1) is 0 Å². The lowest BCUT2D eigenvalue weighted by molar-refractivity contribution is -0.190. The number of rotatable bonds is 3. The summed E-state index contributed by atoms with van der Waals surface area (Å²) in [5.74, 6) is 0.568. The molecule has 0 aromatic heterocycles. The molecule has 2 aliphatic rings. The molecule has 0 saturated carbocycles. The molecule has 110 valence electrons. The van der Waals surface area contributed by atoms with E-state index in [9.17, 15) is 0 Å². The number of methoxy groups -OCH3 is 1. The number of nitrogens with zero attached hydrogens (tertiary/aromatic N) is 1. The molecule has 5 heteroatoms. The van der Waals surface area contributed by atoms with E-state index in [2.05, 4.69) is 26.9 Å². The van der Waals surface area contributed by atoms with Gasteiger partial charge in [-0.2, -0.15) is 0 Å². The minimum absolute atomic E-state index is 0.364. The Morgan fingerprint density at radius 1 is 1.35 bits per heavy atom. The van der Waals surface area contributed by atoms with Crippen LogP contribution in [-0.4, -0.2) is 44.1 Å². The molecule has 0 unspecified atom stereocenters. The Bertz CT molecular complexity index is 474. The molecule has 1 aromatic rings. The summed E-state index contributed by atoms with van der Waals surface area (Å²) in [6, 6.07) is 6.13. The molecule has 0 amide bonds. The monoisotopic (exact) mass is 341 g/mol. The van der Waals surface area contributed by atoms with Crippen molar-refractivity contribution in [2.24, 2.45) is 0 Å². The van der Waals surface area contributed by atoms with Crippen LogP contribution in [-0.2, 0) is 16.0 Å². The zero-order chi connectivity index (χ0) is 14.0. The van der Waals surface area contributed by atoms with E-state index in [-0.39, 0.29) is 5.79 Å². The van der Waals surface area contributed by atoms with E-state index < -0.39 is 0 Å². The summed E-state index contributed by atoms with van der Waals surface area (Å²) in [5, 5.41) is 0. The Balaban J connectivity index is 1.72. The highest BCUT2D eigenvalue weighted by Gasteiger charge is 2.40. The van der Waals surface area contributed by atoms with Crippen LogP contribution in [0.4, 0.5) is 0 Å². The number of hydrogen-bond acceptors (Lipinski definition) is 4. The van der Waals surface area contributed by atoms with E-state index in [1.807, 2.05) is 12.1 Å². The largest absolute Gasteiger partial charge is 0.496 e. The second-order valence-corrected chi connectivity index (χ2v) is 6.29. The molecule has 20 heavy (non-hydrogen) atoms. The van der Waals surface area contributed by atoms with Crippen LogP contribution in [0.5, 0.6) is 5.75 Å². The quantitative estimate of drug-likeness (QED) is 0.845. The molecule has 3 rings (SSSR count). The van der Waals surface area contributed by atoms with Gasteiger partial charge in [0.25, 0.3) is 0 Å². The van der Waals surface area contributed by atoms with Crippen molar-refractivity contribution >= 4 is 15.9 Å². The predicted molar refractivity (Wildman–Crippen MR) is 79.8 cm³/mol. The number of ether oxygens (including phenoxy) is 3. The topological polar surface area (TPSA) is 30.9 Å². The molecule has 4 nitrogen and oxygen atoms in total. The van der Waals surface area contributed by atoms with Gasteiger partial charge in [-0.25, -0.2) is 0 Å². The Morgan fingerprint density at radius 3 is 2.90 bits per heavy atom. The van der Waals surface area contributed by atoms with Crippen molar-refractivity contribution in [1.29, 1.82) is 0 Å². The summed E-state index contributed by atoms with van der Waals surface area (Å²) in [6.45, 7) is 4.20. The lowest BCUT2D eigenvalue weighted by atomic mass is 10.0. The van der Waals surface area contributed by atoms with Crippen molar-refractivity contribution in [3.8, 4) is 5.75 Å². The molecule has 2 heterocycles. The van der Waals surface area contributed by atoms with Crippen molar-refractivity contribution in [1.82, 2.24) is 4.90 Å². The Kier molecular flexibility index (Phi) is 4.31. The van der Waals surface area contributed by atoms with Gasteiger partial charge in [0.05, 0.1) is 26.9 Å². The molecule has 0 radical (unpaired) electrons. The number of halogens is 1. The fraction of sp³-hybridized carbons (Fsp3) is 0.600. The van der Waals surface area contributed by atoms with E-state index in [0.717, 1.165) is 42.7 Å². The van der Waals surface area contributed by atoms with E-state index in [1.54, 1.807) is 7.11 Å². The summed E-state index contributed by atoms with van der Waals surface area (Å²) in [6.07, 6.45) is 2.11. The third-order valence-electron chi connectivity index (χ3n) is 3.95. The third kappa shape index (κ3) is 3.01. The van der Waals surface area contributed by atoms with Crippen molar-refractivity contribution in [3.63, 3.8) is 0 Å². The van der Waals surface area contributed by atoms with Gasteiger partial charge < -0.3 is 14.2 Å². The number of likely N-dealkylation sites (tertiary alicyclic amines) is 1. The smallest absolute Gasteiger partial charge is 0.181 e. The third-order valence-corrected chi connectivity index (χ3v) is 4.44. The van der Waals surface area contributed by atoms with Crippen LogP contribution >= 0.6 is 15.9 Å². The first-order valence-corrected chi connectivity index (χ1v) is 7.83. The summed E-state index contributed by atoms with van der Waals surface area (Å²) in [5.41, 5.74) is 1.19. The number of piperidine rings is 1. The maximum atomic E-state index is 5.83. The zero-order valence-corrected chi connectivity index (χ0v) is 13.3. The Morgan fingerprint density at radius 2 is 2.15 bits per heavy atom. The van der Waals surface area contributed by atoms with Gasteiger partial charge in [0.2, 0.25) is 0 Å². The lowest BCUT2D eigenvalue weighted by Gasteiger charge is -2.38. The first-order chi connectivity index (χ1) is 9.71. The fourth-order valence-corrected chi connectivity index (χ4v) is 3.46. The number of hydrogen-bond donors (Lipinski definition) is 0. The van der Waals surface area contributed by atoms with Gasteiger partial charge in [-0.3, -0.25) is 4.90 Å². The van der Waals surface area contributed by atoms with Gasteiger partial charge in [0, 0.05) is 23.0 Å². The van der Waals surface area contributed by atoms with Crippen molar-refractivity contribution < 1.29 is 14.2 Å². The second kappa shape index (κ2) is 6.02. The summed E-state index contributed by atoms with van der Waals surface area (Å²) in [7, 11) is 1.72. The summed E-state index contributed by atoms with van der Waals surface area (Å²) >= 11 is 3.53. The van der Waals surface area contributed by atoms with Crippen LogP contribution < -0.4 is 4.74 Å². The van der Waals surface area contributed by atoms with E-state index in [0.29, 0.717) is 13.2 Å². The van der Waals surface area contributed by atoms with Gasteiger partial charge in [-0.1, -0.05) is 15.9 Å². The molecule has 1 spiro atoms. The molecule has 0 N–H and O–H groups in total. The maximum Gasteiger partial charge on any atom is 0.181 e. The second-order valence-electron chi connectivity index (χ2n) is 5.38. The normalized spacial score (nSPS) is 22.3. The molecule has 0 aliphatic carbocycles. The van der Waals surface area contributed by atoms with Crippen molar-refractivity contribution in [2.75, 3.05) is 33.4 Å². The standard InChI is InChI=1S/C15H20BrNO3/c1-18-14-4-3-13(16)9-12(14)10-17-6-2-5-15(11-17)19-7-8-20-15/h3-4,9H,2,5-8,10-11H2,1H3. The minimum atomic E-state index is -0.364. The van der Waals surface area contributed by atoms with Crippen LogP contribution in [0.15, 0.2) is 22.7 Å².